The Morgan fingerprint density at radius 2 is 2.36 bits per heavy atom. The Morgan fingerprint density at radius 1 is 1.50 bits per heavy atom. The number of aromatic nitrogens is 2. The maximum absolute atomic E-state index is 8.53. The third-order valence-electron chi connectivity index (χ3n) is 1.90. The fourth-order valence-corrected chi connectivity index (χ4v) is 1.26. The maximum Gasteiger partial charge on any atom is 0.153 e. The van der Waals surface area contributed by atoms with Crippen molar-refractivity contribution in [1.29, 1.82) is 0 Å². The Balaban J connectivity index is 2.52. The van der Waals surface area contributed by atoms with Crippen LogP contribution < -0.4 is 5.73 Å². The predicted octanol–water partition coefficient (Wildman–Crippen LogP) is 0.489. The zero-order valence-electron chi connectivity index (χ0n) is 7.41. The number of aliphatic hydroxyl groups is 1. The monoisotopic (exact) mass is 187 g/mol. The summed E-state index contributed by atoms with van der Waals surface area (Å²) >= 11 is 0. The van der Waals surface area contributed by atoms with Gasteiger partial charge < -0.3 is 10.8 Å². The van der Waals surface area contributed by atoms with E-state index in [4.69, 9.17) is 10.8 Å². The van der Waals surface area contributed by atoms with E-state index in [0.717, 1.165) is 16.5 Å². The Hall–Kier alpha value is -1.99. The molecule has 70 valence electrons. The Bertz CT molecular complexity index is 519. The molecule has 0 radical (unpaired) electrons. The lowest BCUT2D eigenvalue weighted by Gasteiger charge is -1.91. The van der Waals surface area contributed by atoms with E-state index in [1.165, 1.54) is 0 Å². The van der Waals surface area contributed by atoms with Crippen molar-refractivity contribution < 1.29 is 5.11 Å². The molecular weight excluding hydrogens is 178 g/mol. The van der Waals surface area contributed by atoms with Gasteiger partial charge in [-0.15, -0.1) is 0 Å². The number of nitrogen functional groups attached to an aromatic ring is 1. The van der Waals surface area contributed by atoms with Crippen LogP contribution in [-0.2, 0) is 0 Å². The van der Waals surface area contributed by atoms with Crippen molar-refractivity contribution in [3.8, 4) is 11.8 Å². The number of benzene rings is 1. The van der Waals surface area contributed by atoms with E-state index in [1.54, 1.807) is 0 Å². The highest BCUT2D eigenvalue weighted by Crippen LogP contribution is 2.18. The number of fused-ring (bicyclic) bond motifs is 1. The van der Waals surface area contributed by atoms with Crippen LogP contribution in [0.5, 0.6) is 0 Å². The van der Waals surface area contributed by atoms with Gasteiger partial charge in [-0.05, 0) is 18.2 Å². The van der Waals surface area contributed by atoms with Crippen LogP contribution in [0.25, 0.3) is 10.9 Å². The first-order valence-electron chi connectivity index (χ1n) is 4.14. The van der Waals surface area contributed by atoms with Gasteiger partial charge in [0.1, 0.15) is 6.61 Å². The van der Waals surface area contributed by atoms with E-state index in [2.05, 4.69) is 22.0 Å². The number of nitrogens with zero attached hydrogens (tertiary/aromatic N) is 1. The summed E-state index contributed by atoms with van der Waals surface area (Å²) in [5.41, 5.74) is 7.29. The molecule has 1 aromatic heterocycles. The number of H-pyrrole nitrogens is 1. The summed E-state index contributed by atoms with van der Waals surface area (Å²) in [5.74, 6) is 5.87. The van der Waals surface area contributed by atoms with E-state index in [0.29, 0.717) is 5.82 Å². The summed E-state index contributed by atoms with van der Waals surface area (Å²) in [6, 6.07) is 5.55. The Labute approximate surface area is 80.7 Å². The molecule has 4 heteroatoms. The molecule has 0 aliphatic heterocycles. The van der Waals surface area contributed by atoms with Crippen LogP contribution in [0.2, 0.25) is 0 Å². The predicted molar refractivity (Wildman–Crippen MR) is 54.5 cm³/mol. The minimum atomic E-state index is -0.136. The number of nitrogens with one attached hydrogen (secondary N) is 1. The second-order valence-corrected chi connectivity index (χ2v) is 2.83. The molecule has 0 fully saturated rings. The second kappa shape index (κ2) is 3.40. The fourth-order valence-electron chi connectivity index (χ4n) is 1.26. The van der Waals surface area contributed by atoms with Crippen LogP contribution in [-0.4, -0.2) is 21.9 Å². The number of hydrogen-bond donors (Lipinski definition) is 3. The average molecular weight is 187 g/mol. The van der Waals surface area contributed by atoms with Gasteiger partial charge in [0.15, 0.2) is 5.82 Å². The summed E-state index contributed by atoms with van der Waals surface area (Å²) in [4.78, 5) is 0. The van der Waals surface area contributed by atoms with Crippen molar-refractivity contribution in [3.05, 3.63) is 23.8 Å². The number of hydrogen-bond acceptors (Lipinski definition) is 3. The van der Waals surface area contributed by atoms with E-state index >= 15 is 0 Å². The molecule has 1 heterocycles. The molecule has 0 atom stereocenters. The largest absolute Gasteiger partial charge is 0.384 e. The fraction of sp³-hybridized carbons (Fsp3) is 0.100. The van der Waals surface area contributed by atoms with Crippen molar-refractivity contribution >= 4 is 16.7 Å². The van der Waals surface area contributed by atoms with E-state index in [-0.39, 0.29) is 6.61 Å². The quantitative estimate of drug-likeness (QED) is 0.525. The molecule has 0 aliphatic rings. The molecule has 0 aliphatic carbocycles. The van der Waals surface area contributed by atoms with Crippen LogP contribution in [0, 0.1) is 11.8 Å². The molecule has 0 bridgehead atoms. The lowest BCUT2D eigenvalue weighted by Crippen LogP contribution is -1.83. The van der Waals surface area contributed by atoms with Gasteiger partial charge in [0.2, 0.25) is 0 Å². The van der Waals surface area contributed by atoms with E-state index < -0.39 is 0 Å². The molecule has 0 unspecified atom stereocenters. The third-order valence-corrected chi connectivity index (χ3v) is 1.90. The molecule has 4 N–H and O–H groups in total. The number of aromatic amines is 1. The van der Waals surface area contributed by atoms with Crippen LogP contribution in [0.15, 0.2) is 18.2 Å². The lowest BCUT2D eigenvalue weighted by molar-refractivity contribution is 0.350. The topological polar surface area (TPSA) is 74.9 Å². The highest BCUT2D eigenvalue weighted by molar-refractivity contribution is 5.89. The molecular formula is C10H9N3O. The molecule has 0 saturated heterocycles. The zero-order chi connectivity index (χ0) is 9.97. The number of aliphatic hydroxyl groups excluding tert-OH is 1. The third kappa shape index (κ3) is 1.41. The molecule has 1 aromatic carbocycles. The molecule has 0 amide bonds. The molecule has 0 saturated carbocycles. The summed E-state index contributed by atoms with van der Waals surface area (Å²) in [6.07, 6.45) is 0. The van der Waals surface area contributed by atoms with E-state index in [1.807, 2.05) is 18.2 Å². The zero-order valence-corrected chi connectivity index (χ0v) is 7.41. The van der Waals surface area contributed by atoms with Crippen molar-refractivity contribution in [2.24, 2.45) is 0 Å². The maximum atomic E-state index is 8.53. The first-order chi connectivity index (χ1) is 6.81. The number of nitrogens with two attached hydrogens (primary N) is 1. The normalized spacial score (nSPS) is 9.79. The molecule has 0 spiro atoms. The first kappa shape index (κ1) is 8.60. The van der Waals surface area contributed by atoms with Crippen molar-refractivity contribution in [2.75, 3.05) is 12.3 Å². The van der Waals surface area contributed by atoms with Crippen LogP contribution >= 0.6 is 0 Å². The molecule has 2 rings (SSSR count). The number of rotatable bonds is 0. The van der Waals surface area contributed by atoms with Gasteiger partial charge in [-0.2, -0.15) is 5.10 Å². The van der Waals surface area contributed by atoms with Gasteiger partial charge >= 0.3 is 0 Å². The summed E-state index contributed by atoms with van der Waals surface area (Å²) < 4.78 is 0. The summed E-state index contributed by atoms with van der Waals surface area (Å²) in [5, 5.41) is 16.1. The Morgan fingerprint density at radius 3 is 3.14 bits per heavy atom. The molecule has 4 nitrogen and oxygen atoms in total. The van der Waals surface area contributed by atoms with Crippen LogP contribution in [0.3, 0.4) is 0 Å². The van der Waals surface area contributed by atoms with Crippen molar-refractivity contribution in [3.63, 3.8) is 0 Å². The highest BCUT2D eigenvalue weighted by atomic mass is 16.2. The summed E-state index contributed by atoms with van der Waals surface area (Å²) in [6.45, 7) is -0.136. The second-order valence-electron chi connectivity index (χ2n) is 2.83. The highest BCUT2D eigenvalue weighted by Gasteiger charge is 2.00. The lowest BCUT2D eigenvalue weighted by atomic mass is 10.1. The molecule has 14 heavy (non-hydrogen) atoms. The number of anilines is 1. The van der Waals surface area contributed by atoms with Crippen molar-refractivity contribution in [2.45, 2.75) is 0 Å². The Kier molecular flexibility index (Phi) is 2.09. The first-order valence-corrected chi connectivity index (χ1v) is 4.14. The van der Waals surface area contributed by atoms with Gasteiger partial charge in [-0.25, -0.2) is 0 Å². The average Bonchev–Trinajstić information content (AvgIpc) is 2.57. The minimum Gasteiger partial charge on any atom is -0.384 e. The van der Waals surface area contributed by atoms with Gasteiger partial charge in [-0.3, -0.25) is 5.10 Å². The van der Waals surface area contributed by atoms with Crippen molar-refractivity contribution in [1.82, 2.24) is 10.2 Å². The SMILES string of the molecule is Nc1n[nH]c2cc(C#CCO)ccc12. The van der Waals surface area contributed by atoms with Gasteiger partial charge in [0.25, 0.3) is 0 Å². The smallest absolute Gasteiger partial charge is 0.153 e. The van der Waals surface area contributed by atoms with Crippen LogP contribution in [0.4, 0.5) is 5.82 Å². The van der Waals surface area contributed by atoms with Gasteiger partial charge in [0, 0.05) is 10.9 Å². The summed E-state index contributed by atoms with van der Waals surface area (Å²) in [7, 11) is 0. The van der Waals surface area contributed by atoms with Gasteiger partial charge in [0.05, 0.1) is 5.52 Å². The molecule has 2 aromatic rings. The standard InChI is InChI=1S/C10H9N3O/c11-10-8-4-3-7(2-1-5-14)6-9(8)12-13-10/h3-4,6,14H,5H2,(H3,11,12,13). The minimum absolute atomic E-state index is 0.136. The van der Waals surface area contributed by atoms with E-state index in [9.17, 15) is 0 Å². The van der Waals surface area contributed by atoms with Gasteiger partial charge in [-0.1, -0.05) is 11.8 Å². The van der Waals surface area contributed by atoms with Crippen LogP contribution in [0.1, 0.15) is 5.56 Å².